The van der Waals surface area contributed by atoms with E-state index in [2.05, 4.69) is 12.6 Å². The predicted octanol–water partition coefficient (Wildman–Crippen LogP) is 4.09. The molecule has 0 N–H and O–H groups in total. The fourth-order valence-electron chi connectivity index (χ4n) is 2.86. The van der Waals surface area contributed by atoms with Gasteiger partial charge < -0.3 is 9.64 Å². The Bertz CT molecular complexity index is 715. The van der Waals surface area contributed by atoms with Gasteiger partial charge >= 0.3 is 0 Å². The number of rotatable bonds is 3. The van der Waals surface area contributed by atoms with Crippen molar-refractivity contribution in [2.24, 2.45) is 0 Å². The van der Waals surface area contributed by atoms with Gasteiger partial charge in [-0.15, -0.1) is 0 Å². The zero-order chi connectivity index (χ0) is 16.2. The third-order valence-electron chi connectivity index (χ3n) is 4.00. The zero-order valence-electron chi connectivity index (χ0n) is 12.7. The molecule has 0 radical (unpaired) electrons. The second-order valence-electron chi connectivity index (χ2n) is 5.47. The van der Waals surface area contributed by atoms with Crippen LogP contribution in [0.2, 0.25) is 5.02 Å². The van der Waals surface area contributed by atoms with Crippen molar-refractivity contribution in [1.29, 1.82) is 0 Å². The molecule has 0 bridgehead atoms. The average Bonchev–Trinajstić information content (AvgIpc) is 2.61. The summed E-state index contributed by atoms with van der Waals surface area (Å²) in [7, 11) is 0. The molecule has 1 saturated heterocycles. The van der Waals surface area contributed by atoms with Crippen LogP contribution >= 0.6 is 11.6 Å². The Kier molecular flexibility index (Phi) is 4.79. The highest BCUT2D eigenvalue weighted by Crippen LogP contribution is 2.31. The molecule has 1 unspecified atom stereocenters. The van der Waals surface area contributed by atoms with E-state index in [9.17, 15) is 4.79 Å². The fraction of sp³-hybridized carbons (Fsp3) is 0.211. The summed E-state index contributed by atoms with van der Waals surface area (Å²) >= 11 is 6.32. The number of halogens is 1. The van der Waals surface area contributed by atoms with Gasteiger partial charge in [0.05, 0.1) is 19.3 Å². The van der Waals surface area contributed by atoms with Gasteiger partial charge in [0.25, 0.3) is 0 Å². The Balaban J connectivity index is 2.00. The number of amides is 1. The molecule has 118 valence electrons. The summed E-state index contributed by atoms with van der Waals surface area (Å²) in [6.45, 7) is 5.16. The number of nitrogens with zero attached hydrogens (tertiary/aromatic N) is 1. The summed E-state index contributed by atoms with van der Waals surface area (Å²) in [5, 5.41) is 0.651. The minimum Gasteiger partial charge on any atom is -0.377 e. The molecule has 0 aromatic heterocycles. The zero-order valence-corrected chi connectivity index (χ0v) is 13.5. The molecule has 1 amide bonds. The van der Waals surface area contributed by atoms with Crippen molar-refractivity contribution < 1.29 is 9.53 Å². The summed E-state index contributed by atoms with van der Waals surface area (Å²) in [5.41, 5.74) is 3.10. The topological polar surface area (TPSA) is 29.5 Å². The van der Waals surface area contributed by atoms with Crippen LogP contribution in [0.3, 0.4) is 0 Å². The van der Waals surface area contributed by atoms with Crippen LogP contribution in [0.4, 0.5) is 0 Å². The highest BCUT2D eigenvalue weighted by molar-refractivity contribution is 6.31. The Morgan fingerprint density at radius 1 is 1.22 bits per heavy atom. The monoisotopic (exact) mass is 327 g/mol. The molecule has 2 aromatic rings. The first kappa shape index (κ1) is 15.8. The summed E-state index contributed by atoms with van der Waals surface area (Å²) in [4.78, 5) is 13.9. The molecule has 1 aliphatic rings. The second kappa shape index (κ2) is 6.99. The molecule has 1 fully saturated rings. The van der Waals surface area contributed by atoms with Crippen LogP contribution in [0.25, 0.3) is 11.1 Å². The van der Waals surface area contributed by atoms with E-state index >= 15 is 0 Å². The lowest BCUT2D eigenvalue weighted by atomic mass is 9.98. The highest BCUT2D eigenvalue weighted by atomic mass is 35.5. The van der Waals surface area contributed by atoms with E-state index in [-0.39, 0.29) is 11.9 Å². The first-order valence-corrected chi connectivity index (χ1v) is 7.93. The molecule has 3 nitrogen and oxygen atoms in total. The summed E-state index contributed by atoms with van der Waals surface area (Å²) in [6.07, 6.45) is 1.35. The number of ether oxygens (including phenoxy) is 1. The van der Waals surface area contributed by atoms with E-state index < -0.39 is 0 Å². The normalized spacial score (nSPS) is 17.8. The first-order valence-electron chi connectivity index (χ1n) is 7.56. The molecular formula is C19H18ClNO2. The minimum atomic E-state index is -0.143. The van der Waals surface area contributed by atoms with Crippen LogP contribution in [0, 0.1) is 0 Å². The number of morpholine rings is 1. The molecule has 0 aliphatic carbocycles. The van der Waals surface area contributed by atoms with Crippen molar-refractivity contribution in [2.45, 2.75) is 6.04 Å². The molecule has 1 atom stereocenters. The number of benzene rings is 2. The molecular weight excluding hydrogens is 310 g/mol. The molecule has 3 rings (SSSR count). The third-order valence-corrected chi connectivity index (χ3v) is 4.22. The van der Waals surface area contributed by atoms with Crippen LogP contribution < -0.4 is 0 Å². The van der Waals surface area contributed by atoms with E-state index in [1.54, 1.807) is 4.90 Å². The van der Waals surface area contributed by atoms with Crippen LogP contribution in [-0.2, 0) is 9.53 Å². The number of carbonyl (C=O) groups excluding carboxylic acids is 1. The SMILES string of the molecule is C=CC(=O)N1CCOCC1c1cc(Cl)cc(-c2ccccc2)c1. The van der Waals surface area contributed by atoms with Crippen LogP contribution in [-0.4, -0.2) is 30.6 Å². The Labute approximate surface area is 141 Å². The van der Waals surface area contributed by atoms with Gasteiger partial charge in [-0.2, -0.15) is 0 Å². The van der Waals surface area contributed by atoms with Crippen molar-refractivity contribution in [2.75, 3.05) is 19.8 Å². The average molecular weight is 328 g/mol. The first-order chi connectivity index (χ1) is 11.2. The van der Waals surface area contributed by atoms with Crippen LogP contribution in [0.15, 0.2) is 61.2 Å². The van der Waals surface area contributed by atoms with Crippen molar-refractivity contribution in [1.82, 2.24) is 4.90 Å². The summed E-state index contributed by atoms with van der Waals surface area (Å²) < 4.78 is 5.58. The van der Waals surface area contributed by atoms with Crippen molar-refractivity contribution in [3.63, 3.8) is 0 Å². The van der Waals surface area contributed by atoms with Crippen molar-refractivity contribution in [3.05, 3.63) is 71.8 Å². The predicted molar refractivity (Wildman–Crippen MR) is 92.4 cm³/mol. The Morgan fingerprint density at radius 3 is 2.74 bits per heavy atom. The van der Waals surface area contributed by atoms with E-state index in [0.717, 1.165) is 16.7 Å². The number of hydrogen-bond acceptors (Lipinski definition) is 2. The molecule has 23 heavy (non-hydrogen) atoms. The van der Waals surface area contributed by atoms with Gasteiger partial charge in [0.2, 0.25) is 5.91 Å². The Hall–Kier alpha value is -2.10. The standard InChI is InChI=1S/C19H18ClNO2/c1-2-19(22)21-8-9-23-13-18(21)16-10-15(11-17(20)12-16)14-6-4-3-5-7-14/h2-7,10-12,18H,1,8-9,13H2. The van der Waals surface area contributed by atoms with Crippen molar-refractivity contribution in [3.8, 4) is 11.1 Å². The fourth-order valence-corrected chi connectivity index (χ4v) is 3.11. The van der Waals surface area contributed by atoms with E-state index in [1.165, 1.54) is 6.08 Å². The number of hydrogen-bond donors (Lipinski definition) is 0. The molecule has 1 aliphatic heterocycles. The molecule has 0 spiro atoms. The lowest BCUT2D eigenvalue weighted by Gasteiger charge is -2.35. The van der Waals surface area contributed by atoms with E-state index in [1.807, 2.05) is 42.5 Å². The van der Waals surface area contributed by atoms with Gasteiger partial charge in [0.1, 0.15) is 0 Å². The lowest BCUT2D eigenvalue weighted by Crippen LogP contribution is -2.42. The second-order valence-corrected chi connectivity index (χ2v) is 5.90. The van der Waals surface area contributed by atoms with Crippen molar-refractivity contribution >= 4 is 17.5 Å². The molecule has 1 heterocycles. The largest absolute Gasteiger partial charge is 0.377 e. The number of carbonyl (C=O) groups is 1. The van der Waals surface area contributed by atoms with E-state index in [4.69, 9.17) is 16.3 Å². The van der Waals surface area contributed by atoms with Gasteiger partial charge in [-0.1, -0.05) is 48.5 Å². The van der Waals surface area contributed by atoms with E-state index in [0.29, 0.717) is 24.8 Å². The van der Waals surface area contributed by atoms with Crippen LogP contribution in [0.1, 0.15) is 11.6 Å². The lowest BCUT2D eigenvalue weighted by molar-refractivity contribution is -0.134. The third kappa shape index (κ3) is 3.46. The van der Waals surface area contributed by atoms with Gasteiger partial charge in [0, 0.05) is 11.6 Å². The summed E-state index contributed by atoms with van der Waals surface area (Å²) in [5.74, 6) is -0.0838. The molecule has 4 heteroatoms. The maximum absolute atomic E-state index is 12.1. The Morgan fingerprint density at radius 2 is 2.00 bits per heavy atom. The maximum Gasteiger partial charge on any atom is 0.246 e. The minimum absolute atomic E-state index is 0.0838. The van der Waals surface area contributed by atoms with Gasteiger partial charge in [-0.25, -0.2) is 0 Å². The summed E-state index contributed by atoms with van der Waals surface area (Å²) in [6, 6.07) is 15.8. The van der Waals surface area contributed by atoms with Gasteiger partial charge in [-0.3, -0.25) is 4.79 Å². The maximum atomic E-state index is 12.1. The molecule has 2 aromatic carbocycles. The quantitative estimate of drug-likeness (QED) is 0.795. The van der Waals surface area contributed by atoms with Gasteiger partial charge in [-0.05, 0) is 41.0 Å². The smallest absolute Gasteiger partial charge is 0.246 e. The molecule has 0 saturated carbocycles. The highest BCUT2D eigenvalue weighted by Gasteiger charge is 2.27. The van der Waals surface area contributed by atoms with Crippen LogP contribution in [0.5, 0.6) is 0 Å². The van der Waals surface area contributed by atoms with Gasteiger partial charge in [0.15, 0.2) is 0 Å².